The molecule has 0 fully saturated rings. The minimum Gasteiger partial charge on any atom is -0.486 e. The van der Waals surface area contributed by atoms with Gasteiger partial charge in [-0.15, -0.1) is 11.8 Å². The fraction of sp³-hybridized carbons (Fsp3) is 0.571. The van der Waals surface area contributed by atoms with Gasteiger partial charge in [-0.1, -0.05) is 0 Å². The van der Waals surface area contributed by atoms with Crippen LogP contribution in [0, 0.1) is 0 Å². The molecule has 0 bridgehead atoms. The highest BCUT2D eigenvalue weighted by Crippen LogP contribution is 2.34. The summed E-state index contributed by atoms with van der Waals surface area (Å²) in [6.45, 7) is 6.50. The molecule has 1 aliphatic heterocycles. The topological polar surface area (TPSA) is 36.9 Å². The zero-order chi connectivity index (χ0) is 13.5. The standard InChI is InChI=1S/C14H20O4S/c1-3-15-14(16-4-2)10-19-11-5-6-12-13(9-11)18-8-7-17-12/h5-6,9,14H,3-4,7-8,10H2,1-2H3. The quantitative estimate of drug-likeness (QED) is 0.568. The summed E-state index contributed by atoms with van der Waals surface area (Å²) in [5.74, 6) is 2.41. The van der Waals surface area contributed by atoms with Crippen molar-refractivity contribution in [1.29, 1.82) is 0 Å². The average molecular weight is 284 g/mol. The number of hydrogen-bond donors (Lipinski definition) is 0. The molecule has 0 aliphatic carbocycles. The first-order valence-corrected chi connectivity index (χ1v) is 7.57. The van der Waals surface area contributed by atoms with Gasteiger partial charge in [-0.25, -0.2) is 0 Å². The van der Waals surface area contributed by atoms with E-state index in [0.717, 1.165) is 22.1 Å². The lowest BCUT2D eigenvalue weighted by Crippen LogP contribution is -2.20. The first-order chi connectivity index (χ1) is 9.33. The van der Waals surface area contributed by atoms with Crippen LogP contribution in [0.2, 0.25) is 0 Å². The van der Waals surface area contributed by atoms with Crippen LogP contribution in [0.1, 0.15) is 13.8 Å². The van der Waals surface area contributed by atoms with Crippen molar-refractivity contribution in [2.75, 3.05) is 32.2 Å². The molecule has 4 nitrogen and oxygen atoms in total. The third-order valence-corrected chi connectivity index (χ3v) is 3.63. The number of hydrogen-bond acceptors (Lipinski definition) is 5. The number of thioether (sulfide) groups is 1. The Morgan fingerprint density at radius 2 is 1.79 bits per heavy atom. The highest BCUT2D eigenvalue weighted by Gasteiger charge is 2.13. The van der Waals surface area contributed by atoms with E-state index in [1.165, 1.54) is 0 Å². The van der Waals surface area contributed by atoms with Crippen LogP contribution in [0.5, 0.6) is 11.5 Å². The zero-order valence-corrected chi connectivity index (χ0v) is 12.2. The van der Waals surface area contributed by atoms with Gasteiger partial charge in [0.2, 0.25) is 0 Å². The van der Waals surface area contributed by atoms with Gasteiger partial charge in [-0.3, -0.25) is 0 Å². The third-order valence-electron chi connectivity index (χ3n) is 2.60. The van der Waals surface area contributed by atoms with Crippen molar-refractivity contribution in [1.82, 2.24) is 0 Å². The summed E-state index contributed by atoms with van der Waals surface area (Å²) < 4.78 is 22.1. The molecule has 0 amide bonds. The molecule has 0 aromatic heterocycles. The summed E-state index contributed by atoms with van der Waals surface area (Å²) in [5.41, 5.74) is 0. The van der Waals surface area contributed by atoms with Crippen LogP contribution >= 0.6 is 11.8 Å². The highest BCUT2D eigenvalue weighted by atomic mass is 32.2. The van der Waals surface area contributed by atoms with Gasteiger partial charge >= 0.3 is 0 Å². The van der Waals surface area contributed by atoms with E-state index in [-0.39, 0.29) is 6.29 Å². The van der Waals surface area contributed by atoms with E-state index in [1.54, 1.807) is 11.8 Å². The summed E-state index contributed by atoms with van der Waals surface area (Å²) in [6, 6.07) is 5.99. The van der Waals surface area contributed by atoms with Crippen molar-refractivity contribution in [2.45, 2.75) is 25.0 Å². The van der Waals surface area contributed by atoms with Gasteiger partial charge in [-0.05, 0) is 32.0 Å². The first kappa shape index (κ1) is 14.5. The molecule has 2 rings (SSSR count). The maximum atomic E-state index is 5.57. The van der Waals surface area contributed by atoms with Crippen molar-refractivity contribution in [3.8, 4) is 11.5 Å². The Labute approximate surface area is 118 Å². The lowest BCUT2D eigenvalue weighted by molar-refractivity contribution is -0.120. The maximum absolute atomic E-state index is 5.57. The van der Waals surface area contributed by atoms with Crippen molar-refractivity contribution in [2.24, 2.45) is 0 Å². The van der Waals surface area contributed by atoms with E-state index in [9.17, 15) is 0 Å². The molecule has 0 radical (unpaired) electrons. The molecule has 0 saturated heterocycles. The first-order valence-electron chi connectivity index (χ1n) is 6.59. The van der Waals surface area contributed by atoms with Crippen molar-refractivity contribution >= 4 is 11.8 Å². The Morgan fingerprint density at radius 1 is 1.11 bits per heavy atom. The van der Waals surface area contributed by atoms with E-state index in [4.69, 9.17) is 18.9 Å². The summed E-state index contributed by atoms with van der Waals surface area (Å²) in [5, 5.41) is 0. The minimum absolute atomic E-state index is 0.159. The minimum atomic E-state index is -0.159. The largest absolute Gasteiger partial charge is 0.486 e. The summed E-state index contributed by atoms with van der Waals surface area (Å²) in [4.78, 5) is 1.13. The van der Waals surface area contributed by atoms with Crippen LogP contribution in [0.3, 0.4) is 0 Å². The monoisotopic (exact) mass is 284 g/mol. The lowest BCUT2D eigenvalue weighted by atomic mass is 10.3. The number of rotatable bonds is 7. The van der Waals surface area contributed by atoms with Gasteiger partial charge in [0.15, 0.2) is 17.8 Å². The predicted molar refractivity (Wildman–Crippen MR) is 75.2 cm³/mol. The van der Waals surface area contributed by atoms with Gasteiger partial charge in [0.25, 0.3) is 0 Å². The molecule has 19 heavy (non-hydrogen) atoms. The molecule has 1 aliphatic rings. The number of fused-ring (bicyclic) bond motifs is 1. The van der Waals surface area contributed by atoms with Crippen LogP contribution in [0.4, 0.5) is 0 Å². The highest BCUT2D eigenvalue weighted by molar-refractivity contribution is 7.99. The molecule has 5 heteroatoms. The van der Waals surface area contributed by atoms with Crippen molar-refractivity contribution in [3.05, 3.63) is 18.2 Å². The Morgan fingerprint density at radius 3 is 2.47 bits per heavy atom. The second kappa shape index (κ2) is 7.62. The average Bonchev–Trinajstić information content (AvgIpc) is 2.45. The van der Waals surface area contributed by atoms with Crippen LogP contribution in [-0.4, -0.2) is 38.5 Å². The van der Waals surface area contributed by atoms with Crippen molar-refractivity contribution in [3.63, 3.8) is 0 Å². The van der Waals surface area contributed by atoms with Gasteiger partial charge in [-0.2, -0.15) is 0 Å². The van der Waals surface area contributed by atoms with Crippen LogP contribution in [-0.2, 0) is 9.47 Å². The molecule has 0 spiro atoms. The van der Waals surface area contributed by atoms with Crippen LogP contribution in [0.15, 0.2) is 23.1 Å². The Bertz CT molecular complexity index is 391. The maximum Gasteiger partial charge on any atom is 0.166 e. The SMILES string of the molecule is CCOC(CSc1ccc2c(c1)OCCO2)OCC. The van der Waals surface area contributed by atoms with E-state index in [2.05, 4.69) is 0 Å². The Hall–Kier alpha value is -0.910. The summed E-state index contributed by atoms with van der Waals surface area (Å²) in [7, 11) is 0. The van der Waals surface area contributed by atoms with Crippen LogP contribution in [0.25, 0.3) is 0 Å². The normalized spacial score (nSPS) is 13.8. The molecular weight excluding hydrogens is 264 g/mol. The summed E-state index contributed by atoms with van der Waals surface area (Å²) in [6.07, 6.45) is -0.159. The van der Waals surface area contributed by atoms with Crippen LogP contribution < -0.4 is 9.47 Å². The summed E-state index contributed by atoms with van der Waals surface area (Å²) >= 11 is 1.70. The molecule has 1 heterocycles. The van der Waals surface area contributed by atoms with Gasteiger partial charge in [0.05, 0.1) is 0 Å². The molecule has 0 N–H and O–H groups in total. The van der Waals surface area contributed by atoms with E-state index in [1.807, 2.05) is 32.0 Å². The van der Waals surface area contributed by atoms with Gasteiger partial charge < -0.3 is 18.9 Å². The molecule has 0 atom stereocenters. The fourth-order valence-electron chi connectivity index (χ4n) is 1.79. The fourth-order valence-corrected chi connectivity index (χ4v) is 2.67. The zero-order valence-electron chi connectivity index (χ0n) is 11.4. The molecule has 1 aromatic rings. The molecule has 106 valence electrons. The molecule has 0 unspecified atom stereocenters. The smallest absolute Gasteiger partial charge is 0.166 e. The van der Waals surface area contributed by atoms with E-state index >= 15 is 0 Å². The number of ether oxygens (including phenoxy) is 4. The Balaban J connectivity index is 1.91. The van der Waals surface area contributed by atoms with Gasteiger partial charge in [0, 0.05) is 23.9 Å². The third kappa shape index (κ3) is 4.30. The predicted octanol–water partition coefficient (Wildman–Crippen LogP) is 2.95. The lowest BCUT2D eigenvalue weighted by Gasteiger charge is -2.19. The van der Waals surface area contributed by atoms with E-state index in [0.29, 0.717) is 26.4 Å². The second-order valence-corrected chi connectivity index (χ2v) is 5.05. The van der Waals surface area contributed by atoms with Gasteiger partial charge in [0.1, 0.15) is 13.2 Å². The van der Waals surface area contributed by atoms with E-state index < -0.39 is 0 Å². The second-order valence-electron chi connectivity index (χ2n) is 3.96. The molecule has 0 saturated carbocycles. The Kier molecular flexibility index (Phi) is 5.82. The number of benzene rings is 1. The molecular formula is C14H20O4S. The van der Waals surface area contributed by atoms with Crippen molar-refractivity contribution < 1.29 is 18.9 Å². The molecule has 1 aromatic carbocycles.